The van der Waals surface area contributed by atoms with Crippen molar-refractivity contribution in [2.24, 2.45) is 0 Å². The van der Waals surface area contributed by atoms with Gasteiger partial charge in [0.1, 0.15) is 5.82 Å². The molecule has 0 bridgehead atoms. The van der Waals surface area contributed by atoms with Gasteiger partial charge in [0, 0.05) is 14.1 Å². The Labute approximate surface area is 122 Å². The van der Waals surface area contributed by atoms with Crippen molar-refractivity contribution in [1.82, 2.24) is 0 Å². The molecule has 0 aliphatic carbocycles. The number of nitrogens with one attached hydrogen (secondary N) is 1. The molecule has 5 heteroatoms. The van der Waals surface area contributed by atoms with Crippen molar-refractivity contribution in [1.29, 1.82) is 0 Å². The monoisotopic (exact) mass is 381 g/mol. The van der Waals surface area contributed by atoms with Crippen LogP contribution in [0.15, 0.2) is 30.3 Å². The first kappa shape index (κ1) is 13.1. The smallest absolute Gasteiger partial charge is 0.124 e. The van der Waals surface area contributed by atoms with Gasteiger partial charge in [-0.25, -0.2) is 4.39 Å². The van der Waals surface area contributed by atoms with Gasteiger partial charge in [0.15, 0.2) is 0 Å². The largest absolute Gasteiger partial charge is 0.377 e. The maximum Gasteiger partial charge on any atom is 0.124 e. The molecule has 1 aromatic carbocycles. The molecular weight excluding hydrogens is 372 g/mol. The molecular formula is C12H10ClFINS. The standard InChI is InChI=1S/C12H10ClFINS/c1-7(11-4-5-12(13)17-11)16-10-3-2-8(14)6-9(10)15/h2-7,16H,1H3. The fourth-order valence-electron chi connectivity index (χ4n) is 1.47. The number of halogens is 3. The molecule has 2 rings (SSSR count). The average Bonchev–Trinajstić information content (AvgIpc) is 2.69. The second-order valence-corrected chi connectivity index (χ2v) is 6.54. The molecule has 90 valence electrons. The van der Waals surface area contributed by atoms with E-state index in [9.17, 15) is 4.39 Å². The average molecular weight is 382 g/mol. The molecule has 0 radical (unpaired) electrons. The zero-order valence-electron chi connectivity index (χ0n) is 9.01. The van der Waals surface area contributed by atoms with E-state index < -0.39 is 0 Å². The summed E-state index contributed by atoms with van der Waals surface area (Å²) >= 11 is 9.57. The van der Waals surface area contributed by atoms with E-state index >= 15 is 0 Å². The molecule has 1 heterocycles. The Balaban J connectivity index is 2.15. The van der Waals surface area contributed by atoms with Crippen LogP contribution in [0.3, 0.4) is 0 Å². The Morgan fingerprint density at radius 1 is 1.35 bits per heavy atom. The Bertz CT molecular complexity index is 529. The summed E-state index contributed by atoms with van der Waals surface area (Å²) in [5.41, 5.74) is 0.934. The number of hydrogen-bond donors (Lipinski definition) is 1. The molecule has 1 atom stereocenters. The second kappa shape index (κ2) is 5.54. The van der Waals surface area contributed by atoms with Crippen molar-refractivity contribution in [2.45, 2.75) is 13.0 Å². The maximum atomic E-state index is 13.0. The highest BCUT2D eigenvalue weighted by atomic mass is 127. The van der Waals surface area contributed by atoms with E-state index in [2.05, 4.69) is 34.8 Å². The minimum atomic E-state index is -0.216. The number of anilines is 1. The summed E-state index contributed by atoms with van der Waals surface area (Å²) in [6, 6.07) is 8.76. The molecule has 1 aromatic heterocycles. The van der Waals surface area contributed by atoms with Gasteiger partial charge in [-0.2, -0.15) is 0 Å². The Hall–Kier alpha value is -0.330. The van der Waals surface area contributed by atoms with Crippen LogP contribution in [0.5, 0.6) is 0 Å². The first-order valence-electron chi connectivity index (χ1n) is 5.03. The summed E-state index contributed by atoms with van der Waals surface area (Å²) in [7, 11) is 0. The molecule has 1 nitrogen and oxygen atoms in total. The summed E-state index contributed by atoms with van der Waals surface area (Å²) in [5, 5.41) is 3.34. The topological polar surface area (TPSA) is 12.0 Å². The van der Waals surface area contributed by atoms with E-state index in [1.807, 2.05) is 12.1 Å². The van der Waals surface area contributed by atoms with Crippen molar-refractivity contribution in [2.75, 3.05) is 5.32 Å². The van der Waals surface area contributed by atoms with E-state index in [0.717, 1.165) is 18.5 Å². The van der Waals surface area contributed by atoms with Crippen molar-refractivity contribution < 1.29 is 4.39 Å². The molecule has 1 N–H and O–H groups in total. The van der Waals surface area contributed by atoms with Crippen LogP contribution >= 0.6 is 45.5 Å². The van der Waals surface area contributed by atoms with Gasteiger partial charge in [-0.15, -0.1) is 11.3 Å². The van der Waals surface area contributed by atoms with Crippen molar-refractivity contribution in [3.8, 4) is 0 Å². The minimum absolute atomic E-state index is 0.159. The Morgan fingerprint density at radius 3 is 2.71 bits per heavy atom. The predicted molar refractivity (Wildman–Crippen MR) is 80.5 cm³/mol. The van der Waals surface area contributed by atoms with Crippen LogP contribution in [0.25, 0.3) is 0 Å². The third-order valence-electron chi connectivity index (χ3n) is 2.32. The molecule has 0 aliphatic rings. The lowest BCUT2D eigenvalue weighted by Gasteiger charge is -2.15. The third-order valence-corrected chi connectivity index (χ3v) is 4.63. The van der Waals surface area contributed by atoms with E-state index in [-0.39, 0.29) is 11.9 Å². The summed E-state index contributed by atoms with van der Waals surface area (Å²) in [6.07, 6.45) is 0. The van der Waals surface area contributed by atoms with Crippen LogP contribution in [0.2, 0.25) is 4.34 Å². The Morgan fingerprint density at radius 2 is 2.12 bits per heavy atom. The van der Waals surface area contributed by atoms with Crippen molar-refractivity contribution in [3.05, 3.63) is 48.9 Å². The zero-order valence-corrected chi connectivity index (χ0v) is 12.7. The van der Waals surface area contributed by atoms with E-state index in [4.69, 9.17) is 11.6 Å². The SMILES string of the molecule is CC(Nc1ccc(F)cc1I)c1ccc(Cl)s1. The van der Waals surface area contributed by atoms with Gasteiger partial charge in [-0.3, -0.25) is 0 Å². The quantitative estimate of drug-likeness (QED) is 0.710. The maximum absolute atomic E-state index is 13.0. The van der Waals surface area contributed by atoms with Crippen LogP contribution in [-0.4, -0.2) is 0 Å². The molecule has 0 saturated heterocycles. The van der Waals surface area contributed by atoms with Crippen LogP contribution in [0.1, 0.15) is 17.8 Å². The van der Waals surface area contributed by atoms with Gasteiger partial charge in [-0.1, -0.05) is 11.6 Å². The predicted octanol–water partition coefficient (Wildman–Crippen LogP) is 5.32. The molecule has 0 aliphatic heterocycles. The molecule has 0 amide bonds. The summed E-state index contributed by atoms with van der Waals surface area (Å²) in [5.74, 6) is -0.216. The van der Waals surface area contributed by atoms with Crippen LogP contribution in [0.4, 0.5) is 10.1 Å². The zero-order chi connectivity index (χ0) is 12.4. The van der Waals surface area contributed by atoms with Crippen molar-refractivity contribution >= 4 is 51.2 Å². The van der Waals surface area contributed by atoms with Gasteiger partial charge in [0.05, 0.1) is 10.4 Å². The lowest BCUT2D eigenvalue weighted by atomic mass is 10.2. The molecule has 17 heavy (non-hydrogen) atoms. The summed E-state index contributed by atoms with van der Waals surface area (Å²) < 4.78 is 14.6. The first-order chi connectivity index (χ1) is 8.06. The number of thiophene rings is 1. The van der Waals surface area contributed by atoms with E-state index in [1.54, 1.807) is 17.4 Å². The van der Waals surface area contributed by atoms with Crippen LogP contribution < -0.4 is 5.32 Å². The number of benzene rings is 1. The third kappa shape index (κ3) is 3.33. The molecule has 0 spiro atoms. The molecule has 0 saturated carbocycles. The van der Waals surface area contributed by atoms with Crippen LogP contribution in [-0.2, 0) is 0 Å². The fourth-order valence-corrected chi connectivity index (χ4v) is 3.17. The van der Waals surface area contributed by atoms with Gasteiger partial charge >= 0.3 is 0 Å². The van der Waals surface area contributed by atoms with Gasteiger partial charge in [-0.05, 0) is 59.8 Å². The number of rotatable bonds is 3. The lowest BCUT2D eigenvalue weighted by Crippen LogP contribution is -2.06. The minimum Gasteiger partial charge on any atom is -0.377 e. The van der Waals surface area contributed by atoms with E-state index in [1.165, 1.54) is 12.1 Å². The van der Waals surface area contributed by atoms with Crippen LogP contribution in [0, 0.1) is 9.39 Å². The highest BCUT2D eigenvalue weighted by molar-refractivity contribution is 14.1. The van der Waals surface area contributed by atoms with Gasteiger partial charge in [0.2, 0.25) is 0 Å². The molecule has 0 fully saturated rings. The summed E-state index contributed by atoms with van der Waals surface area (Å²) in [4.78, 5) is 1.16. The van der Waals surface area contributed by atoms with Gasteiger partial charge in [0.25, 0.3) is 0 Å². The highest BCUT2D eigenvalue weighted by Crippen LogP contribution is 2.30. The first-order valence-corrected chi connectivity index (χ1v) is 7.30. The normalized spacial score (nSPS) is 12.5. The fraction of sp³-hybridized carbons (Fsp3) is 0.167. The second-order valence-electron chi connectivity index (χ2n) is 3.63. The highest BCUT2D eigenvalue weighted by Gasteiger charge is 2.10. The van der Waals surface area contributed by atoms with Gasteiger partial charge < -0.3 is 5.32 Å². The van der Waals surface area contributed by atoms with E-state index in [0.29, 0.717) is 0 Å². The lowest BCUT2D eigenvalue weighted by molar-refractivity contribution is 0.627. The molecule has 1 unspecified atom stereocenters. The number of hydrogen-bond acceptors (Lipinski definition) is 2. The molecule has 2 aromatic rings. The van der Waals surface area contributed by atoms with Crippen molar-refractivity contribution in [3.63, 3.8) is 0 Å². The summed E-state index contributed by atoms with van der Waals surface area (Å²) in [6.45, 7) is 2.06. The Kier molecular flexibility index (Phi) is 4.27.